The molecule has 3 fully saturated rings. The first kappa shape index (κ1) is 10.8. The molecule has 1 heterocycles. The molecule has 0 aromatic carbocycles. The van der Waals surface area contributed by atoms with Crippen molar-refractivity contribution in [2.24, 2.45) is 11.8 Å². The Morgan fingerprint density at radius 1 is 0.875 bits per heavy atom. The summed E-state index contributed by atoms with van der Waals surface area (Å²) in [6.07, 6.45) is 10.4. The van der Waals surface area contributed by atoms with Crippen molar-refractivity contribution in [2.75, 3.05) is 13.1 Å². The molecule has 0 spiro atoms. The lowest BCUT2D eigenvalue weighted by molar-refractivity contribution is -0.933. The number of quaternary nitrogens is 1. The number of rotatable bonds is 1. The van der Waals surface area contributed by atoms with Crippen LogP contribution in [0.4, 0.5) is 0 Å². The van der Waals surface area contributed by atoms with Crippen LogP contribution in [0.2, 0.25) is 0 Å². The molecule has 3 rings (SSSR count). The van der Waals surface area contributed by atoms with Gasteiger partial charge in [-0.15, -0.1) is 0 Å². The van der Waals surface area contributed by atoms with Gasteiger partial charge in [0.1, 0.15) is 5.78 Å². The number of likely N-dealkylation sites (tertiary alicyclic amines) is 1. The van der Waals surface area contributed by atoms with Crippen LogP contribution in [-0.4, -0.2) is 24.9 Å². The van der Waals surface area contributed by atoms with Crippen LogP contribution in [0.3, 0.4) is 0 Å². The third kappa shape index (κ3) is 1.81. The number of nitrogens with one attached hydrogen (secondary N) is 1. The van der Waals surface area contributed by atoms with Crippen LogP contribution in [0.15, 0.2) is 0 Å². The Hall–Kier alpha value is -0.370. The average Bonchev–Trinajstić information content (AvgIpc) is 2.30. The minimum Gasteiger partial charge on any atom is -0.332 e. The van der Waals surface area contributed by atoms with Gasteiger partial charge in [0.2, 0.25) is 0 Å². The molecule has 0 aromatic heterocycles. The zero-order valence-electron chi connectivity index (χ0n) is 10.2. The van der Waals surface area contributed by atoms with Gasteiger partial charge in [-0.2, -0.15) is 0 Å². The van der Waals surface area contributed by atoms with E-state index in [1.54, 1.807) is 4.90 Å². The molecule has 1 saturated heterocycles. The highest BCUT2D eigenvalue weighted by molar-refractivity contribution is 5.85. The van der Waals surface area contributed by atoms with Crippen molar-refractivity contribution >= 4 is 5.78 Å². The van der Waals surface area contributed by atoms with E-state index in [-0.39, 0.29) is 0 Å². The van der Waals surface area contributed by atoms with Crippen molar-refractivity contribution in [1.29, 1.82) is 0 Å². The summed E-state index contributed by atoms with van der Waals surface area (Å²) in [7, 11) is 0. The monoisotopic (exact) mass is 222 g/mol. The summed E-state index contributed by atoms with van der Waals surface area (Å²) < 4.78 is 0. The van der Waals surface area contributed by atoms with E-state index < -0.39 is 0 Å². The van der Waals surface area contributed by atoms with Gasteiger partial charge in [0.15, 0.2) is 0 Å². The van der Waals surface area contributed by atoms with Crippen LogP contribution in [-0.2, 0) is 4.79 Å². The molecule has 0 radical (unpaired) electrons. The molecule has 0 amide bonds. The first-order chi connectivity index (χ1) is 7.86. The van der Waals surface area contributed by atoms with Crippen LogP contribution in [0, 0.1) is 11.8 Å². The fraction of sp³-hybridized carbons (Fsp3) is 0.929. The standard InChI is InChI=1S/C14H23NO/c16-14-11-5-4-6-12(14)13(8-7-11)15-9-2-1-3-10-15/h11-13H,1-10H2/p+1/t11-,12-,13-/m1/s1. The molecule has 2 bridgehead atoms. The van der Waals surface area contributed by atoms with Gasteiger partial charge in [-0.1, -0.05) is 6.42 Å². The Kier molecular flexibility index (Phi) is 3.01. The van der Waals surface area contributed by atoms with Crippen molar-refractivity contribution in [1.82, 2.24) is 0 Å². The molecule has 1 N–H and O–H groups in total. The predicted octanol–water partition coefficient (Wildman–Crippen LogP) is 1.20. The quantitative estimate of drug-likeness (QED) is 0.707. The van der Waals surface area contributed by atoms with E-state index in [2.05, 4.69) is 0 Å². The number of carbonyl (C=O) groups is 1. The number of hydrogen-bond acceptors (Lipinski definition) is 1. The molecule has 0 unspecified atom stereocenters. The average molecular weight is 222 g/mol. The number of piperidine rings is 1. The molecule has 2 saturated carbocycles. The molecule has 2 nitrogen and oxygen atoms in total. The molecule has 2 aliphatic carbocycles. The van der Waals surface area contributed by atoms with Crippen molar-refractivity contribution < 1.29 is 9.69 Å². The second-order valence-corrected chi connectivity index (χ2v) is 6.04. The second kappa shape index (κ2) is 4.48. The first-order valence-electron chi connectivity index (χ1n) is 7.24. The van der Waals surface area contributed by atoms with E-state index >= 15 is 0 Å². The van der Waals surface area contributed by atoms with Crippen molar-refractivity contribution in [3.63, 3.8) is 0 Å². The molecule has 90 valence electrons. The number of ketones is 1. The summed E-state index contributed by atoms with van der Waals surface area (Å²) in [5.74, 6) is 1.54. The lowest BCUT2D eigenvalue weighted by Gasteiger charge is -2.43. The lowest BCUT2D eigenvalue weighted by atomic mass is 9.68. The third-order valence-corrected chi connectivity index (χ3v) is 5.17. The van der Waals surface area contributed by atoms with E-state index in [9.17, 15) is 4.79 Å². The highest BCUT2D eigenvalue weighted by Gasteiger charge is 2.45. The summed E-state index contributed by atoms with van der Waals surface area (Å²) >= 11 is 0. The van der Waals surface area contributed by atoms with Crippen LogP contribution < -0.4 is 4.90 Å². The zero-order chi connectivity index (χ0) is 11.0. The van der Waals surface area contributed by atoms with Gasteiger partial charge in [-0.05, 0) is 38.5 Å². The summed E-state index contributed by atoms with van der Waals surface area (Å²) in [4.78, 5) is 14.0. The summed E-state index contributed by atoms with van der Waals surface area (Å²) in [5.41, 5.74) is 0. The largest absolute Gasteiger partial charge is 0.332 e. The van der Waals surface area contributed by atoms with Crippen molar-refractivity contribution in [3.8, 4) is 0 Å². The summed E-state index contributed by atoms with van der Waals surface area (Å²) in [5, 5.41) is 0. The highest BCUT2D eigenvalue weighted by Crippen LogP contribution is 2.36. The predicted molar refractivity (Wildman–Crippen MR) is 63.4 cm³/mol. The molecule has 2 heteroatoms. The van der Waals surface area contributed by atoms with E-state index in [4.69, 9.17) is 0 Å². The first-order valence-corrected chi connectivity index (χ1v) is 7.24. The van der Waals surface area contributed by atoms with Gasteiger partial charge in [0.05, 0.1) is 25.0 Å². The van der Waals surface area contributed by atoms with E-state index in [0.717, 1.165) is 0 Å². The maximum absolute atomic E-state index is 12.2. The van der Waals surface area contributed by atoms with Crippen LogP contribution in [0.25, 0.3) is 0 Å². The molecule has 1 aliphatic heterocycles. The molecule has 0 aromatic rings. The molecule has 3 aliphatic rings. The van der Waals surface area contributed by atoms with Crippen molar-refractivity contribution in [2.45, 2.75) is 57.4 Å². The Labute approximate surface area is 98.4 Å². The summed E-state index contributed by atoms with van der Waals surface area (Å²) in [6.45, 7) is 2.66. The Morgan fingerprint density at radius 3 is 2.50 bits per heavy atom. The maximum atomic E-state index is 12.2. The van der Waals surface area contributed by atoms with Crippen molar-refractivity contribution in [3.05, 3.63) is 0 Å². The Bertz CT molecular complexity index is 270. The smallest absolute Gasteiger partial charge is 0.144 e. The second-order valence-electron chi connectivity index (χ2n) is 6.04. The molecular formula is C14H24NO+. The van der Waals surface area contributed by atoms with Gasteiger partial charge < -0.3 is 4.90 Å². The number of carbonyl (C=O) groups excluding carboxylic acids is 1. The topological polar surface area (TPSA) is 21.5 Å². The zero-order valence-corrected chi connectivity index (χ0v) is 10.2. The fourth-order valence-corrected chi connectivity index (χ4v) is 4.30. The van der Waals surface area contributed by atoms with Crippen LogP contribution in [0.5, 0.6) is 0 Å². The SMILES string of the molecule is O=C1[C@@H]2CCC[C@@H]1[C@H]([NH+]1CCCCC1)CC2. The molecular weight excluding hydrogens is 198 g/mol. The minimum atomic E-state index is 0.445. The molecule has 3 atom stereocenters. The van der Waals surface area contributed by atoms with Gasteiger partial charge in [-0.3, -0.25) is 4.79 Å². The lowest BCUT2D eigenvalue weighted by Crippen LogP contribution is -3.17. The van der Waals surface area contributed by atoms with E-state index in [1.807, 2.05) is 0 Å². The molecule has 16 heavy (non-hydrogen) atoms. The van der Waals surface area contributed by atoms with E-state index in [1.165, 1.54) is 64.5 Å². The number of Topliss-reactive ketones (excluding diaryl/α,β-unsaturated/α-hetero) is 1. The van der Waals surface area contributed by atoms with Gasteiger partial charge in [0, 0.05) is 12.3 Å². The maximum Gasteiger partial charge on any atom is 0.144 e. The van der Waals surface area contributed by atoms with Crippen LogP contribution >= 0.6 is 0 Å². The number of hydrogen-bond donors (Lipinski definition) is 1. The third-order valence-electron chi connectivity index (χ3n) is 5.17. The minimum absolute atomic E-state index is 0.445. The van der Waals surface area contributed by atoms with Gasteiger partial charge >= 0.3 is 0 Å². The normalized spacial score (nSPS) is 41.0. The number of fused-ring (bicyclic) bond motifs is 2. The highest BCUT2D eigenvalue weighted by atomic mass is 16.1. The fourth-order valence-electron chi connectivity index (χ4n) is 4.30. The van der Waals surface area contributed by atoms with E-state index in [0.29, 0.717) is 23.7 Å². The Balaban J connectivity index is 1.72. The van der Waals surface area contributed by atoms with Crippen LogP contribution in [0.1, 0.15) is 51.4 Å². The van der Waals surface area contributed by atoms with Gasteiger partial charge in [-0.25, -0.2) is 0 Å². The Morgan fingerprint density at radius 2 is 1.69 bits per heavy atom. The summed E-state index contributed by atoms with van der Waals surface area (Å²) in [6, 6.07) is 0.698. The van der Waals surface area contributed by atoms with Gasteiger partial charge in [0.25, 0.3) is 0 Å².